The molecule has 6 nitrogen and oxygen atoms in total. The second kappa shape index (κ2) is 8.29. The summed E-state index contributed by atoms with van der Waals surface area (Å²) >= 11 is 0. The molecular weight excluding hydrogens is 258 g/mol. The van der Waals surface area contributed by atoms with Gasteiger partial charge in [-0.15, -0.1) is 0 Å². The lowest BCUT2D eigenvalue weighted by atomic mass is 10.2. The van der Waals surface area contributed by atoms with Crippen LogP contribution in [0.5, 0.6) is 0 Å². The van der Waals surface area contributed by atoms with Crippen LogP contribution < -0.4 is 10.6 Å². The minimum atomic E-state index is -0.426. The number of carbonyl (C=O) groups is 2. The maximum atomic E-state index is 11.7. The van der Waals surface area contributed by atoms with Crippen molar-refractivity contribution in [3.63, 3.8) is 0 Å². The Labute approximate surface area is 119 Å². The summed E-state index contributed by atoms with van der Waals surface area (Å²) in [4.78, 5) is 25.1. The van der Waals surface area contributed by atoms with E-state index < -0.39 is 5.97 Å². The number of methoxy groups -OCH3 is 1. The summed E-state index contributed by atoms with van der Waals surface area (Å²) in [5.41, 5.74) is 0.984. The summed E-state index contributed by atoms with van der Waals surface area (Å²) in [5.74, 6) is -0.573. The molecule has 0 bridgehead atoms. The summed E-state index contributed by atoms with van der Waals surface area (Å²) < 4.78 is 4.63. The molecule has 0 aliphatic carbocycles. The number of carbonyl (C=O) groups excluding carboxylic acids is 2. The van der Waals surface area contributed by atoms with E-state index in [0.717, 1.165) is 13.1 Å². The molecule has 0 atom stereocenters. The fourth-order valence-electron chi connectivity index (χ4n) is 1.55. The Balaban J connectivity index is 2.43. The van der Waals surface area contributed by atoms with E-state index >= 15 is 0 Å². The van der Waals surface area contributed by atoms with Crippen molar-refractivity contribution >= 4 is 17.6 Å². The van der Waals surface area contributed by atoms with Crippen LogP contribution in [-0.4, -0.2) is 57.6 Å². The Bertz CT molecular complexity index is 461. The number of hydrogen-bond donors (Lipinski definition) is 2. The van der Waals surface area contributed by atoms with E-state index in [-0.39, 0.29) is 12.5 Å². The van der Waals surface area contributed by atoms with E-state index in [4.69, 9.17) is 0 Å². The zero-order valence-corrected chi connectivity index (χ0v) is 12.1. The molecule has 0 aromatic heterocycles. The molecule has 0 heterocycles. The molecule has 2 N–H and O–H groups in total. The zero-order valence-electron chi connectivity index (χ0n) is 12.1. The van der Waals surface area contributed by atoms with Gasteiger partial charge < -0.3 is 20.3 Å². The summed E-state index contributed by atoms with van der Waals surface area (Å²) in [6, 6.07) is 6.64. The minimum absolute atomic E-state index is 0.147. The summed E-state index contributed by atoms with van der Waals surface area (Å²) in [5, 5.41) is 5.77. The summed E-state index contributed by atoms with van der Waals surface area (Å²) in [6.45, 7) is 1.84. The second-order valence-corrected chi connectivity index (χ2v) is 4.60. The number of nitrogens with one attached hydrogen (secondary N) is 2. The average Bonchev–Trinajstić information content (AvgIpc) is 2.43. The Kier molecular flexibility index (Phi) is 6.69. The molecular formula is C14H21N3O3. The van der Waals surface area contributed by atoms with E-state index in [2.05, 4.69) is 15.4 Å². The molecule has 0 spiro atoms. The van der Waals surface area contributed by atoms with Gasteiger partial charge in [0, 0.05) is 18.8 Å². The predicted molar refractivity (Wildman–Crippen MR) is 77.8 cm³/mol. The largest absolute Gasteiger partial charge is 0.465 e. The van der Waals surface area contributed by atoms with Gasteiger partial charge in [-0.25, -0.2) is 4.79 Å². The number of amides is 1. The van der Waals surface area contributed by atoms with Gasteiger partial charge in [0.1, 0.15) is 0 Å². The maximum Gasteiger partial charge on any atom is 0.337 e. The number of ether oxygens (including phenoxy) is 1. The van der Waals surface area contributed by atoms with Crippen molar-refractivity contribution in [1.82, 2.24) is 10.2 Å². The number of likely N-dealkylation sites (N-methyl/N-ethyl adjacent to an activating group) is 1. The van der Waals surface area contributed by atoms with Gasteiger partial charge in [0.15, 0.2) is 0 Å². The number of benzene rings is 1. The number of anilines is 1. The van der Waals surface area contributed by atoms with Gasteiger partial charge in [0.2, 0.25) is 5.91 Å². The van der Waals surface area contributed by atoms with Crippen molar-refractivity contribution in [3.8, 4) is 0 Å². The van der Waals surface area contributed by atoms with Gasteiger partial charge in [-0.1, -0.05) is 6.07 Å². The zero-order chi connectivity index (χ0) is 15.0. The molecule has 0 fully saturated rings. The lowest BCUT2D eigenvalue weighted by Crippen LogP contribution is -2.33. The van der Waals surface area contributed by atoms with Gasteiger partial charge in [-0.3, -0.25) is 4.79 Å². The number of esters is 1. The van der Waals surface area contributed by atoms with Crippen LogP contribution >= 0.6 is 0 Å². The highest BCUT2D eigenvalue weighted by molar-refractivity contribution is 5.95. The molecule has 20 heavy (non-hydrogen) atoms. The lowest BCUT2D eigenvalue weighted by molar-refractivity contribution is -0.115. The number of hydrogen-bond acceptors (Lipinski definition) is 5. The van der Waals surface area contributed by atoms with Crippen molar-refractivity contribution < 1.29 is 14.3 Å². The van der Waals surface area contributed by atoms with Crippen LogP contribution in [0.25, 0.3) is 0 Å². The molecule has 1 rings (SSSR count). The van der Waals surface area contributed by atoms with Crippen LogP contribution in [-0.2, 0) is 9.53 Å². The smallest absolute Gasteiger partial charge is 0.337 e. The van der Waals surface area contributed by atoms with Gasteiger partial charge >= 0.3 is 5.97 Å². The Hall–Kier alpha value is -1.92. The number of nitrogens with zero attached hydrogens (tertiary/aromatic N) is 1. The topological polar surface area (TPSA) is 70.7 Å². The first-order valence-corrected chi connectivity index (χ1v) is 6.36. The number of rotatable bonds is 7. The lowest BCUT2D eigenvalue weighted by Gasteiger charge is -2.10. The average molecular weight is 279 g/mol. The molecule has 110 valence electrons. The highest BCUT2D eigenvalue weighted by Crippen LogP contribution is 2.11. The Morgan fingerprint density at radius 2 is 2.05 bits per heavy atom. The molecule has 0 aliphatic rings. The summed E-state index contributed by atoms with van der Waals surface area (Å²) in [7, 11) is 5.27. The van der Waals surface area contributed by atoms with Crippen LogP contribution in [0.3, 0.4) is 0 Å². The van der Waals surface area contributed by atoms with E-state index in [1.54, 1.807) is 24.3 Å². The van der Waals surface area contributed by atoms with Crippen LogP contribution in [0, 0.1) is 0 Å². The third-order valence-electron chi connectivity index (χ3n) is 2.59. The van der Waals surface area contributed by atoms with E-state index in [1.165, 1.54) is 7.11 Å². The van der Waals surface area contributed by atoms with E-state index in [9.17, 15) is 9.59 Å². The molecule has 0 saturated heterocycles. The van der Waals surface area contributed by atoms with E-state index in [0.29, 0.717) is 11.3 Å². The summed E-state index contributed by atoms with van der Waals surface area (Å²) in [6.07, 6.45) is 0. The Morgan fingerprint density at radius 3 is 2.70 bits per heavy atom. The first kappa shape index (κ1) is 16.1. The van der Waals surface area contributed by atoms with Crippen molar-refractivity contribution in [2.24, 2.45) is 0 Å². The van der Waals surface area contributed by atoms with Crippen LogP contribution in [0.15, 0.2) is 24.3 Å². The second-order valence-electron chi connectivity index (χ2n) is 4.60. The quantitative estimate of drug-likeness (QED) is 0.564. The highest BCUT2D eigenvalue weighted by Gasteiger charge is 2.07. The van der Waals surface area contributed by atoms with Crippen molar-refractivity contribution in [2.75, 3.05) is 46.2 Å². The van der Waals surface area contributed by atoms with E-state index in [1.807, 2.05) is 19.0 Å². The van der Waals surface area contributed by atoms with Gasteiger partial charge in [0.05, 0.1) is 19.2 Å². The molecule has 0 unspecified atom stereocenters. The molecule has 0 radical (unpaired) electrons. The molecule has 6 heteroatoms. The Morgan fingerprint density at radius 1 is 1.30 bits per heavy atom. The highest BCUT2D eigenvalue weighted by atomic mass is 16.5. The monoisotopic (exact) mass is 279 g/mol. The van der Waals surface area contributed by atoms with Crippen LogP contribution in [0.1, 0.15) is 10.4 Å². The molecule has 1 amide bonds. The van der Waals surface area contributed by atoms with Gasteiger partial charge in [-0.2, -0.15) is 0 Å². The predicted octanol–water partition coefficient (Wildman–Crippen LogP) is 0.563. The molecule has 1 aromatic carbocycles. The standard InChI is InChI=1S/C14H21N3O3/c1-17(2)8-7-15-10-13(18)16-12-6-4-5-11(9-12)14(19)20-3/h4-6,9,15H,7-8,10H2,1-3H3,(H,16,18). The normalized spacial score (nSPS) is 10.4. The van der Waals surface area contributed by atoms with Crippen LogP contribution in [0.2, 0.25) is 0 Å². The third-order valence-corrected chi connectivity index (χ3v) is 2.59. The maximum absolute atomic E-state index is 11.7. The molecule has 0 aliphatic heterocycles. The van der Waals surface area contributed by atoms with Crippen LogP contribution in [0.4, 0.5) is 5.69 Å². The van der Waals surface area contributed by atoms with Crippen molar-refractivity contribution in [1.29, 1.82) is 0 Å². The third kappa shape index (κ3) is 5.81. The first-order valence-electron chi connectivity index (χ1n) is 6.36. The first-order chi connectivity index (χ1) is 9.52. The fraction of sp³-hybridized carbons (Fsp3) is 0.429. The minimum Gasteiger partial charge on any atom is -0.465 e. The van der Waals surface area contributed by atoms with Gasteiger partial charge in [-0.05, 0) is 32.3 Å². The van der Waals surface area contributed by atoms with Gasteiger partial charge in [0.25, 0.3) is 0 Å². The molecule has 1 aromatic rings. The van der Waals surface area contributed by atoms with Crippen molar-refractivity contribution in [3.05, 3.63) is 29.8 Å². The fourth-order valence-corrected chi connectivity index (χ4v) is 1.55. The molecule has 0 saturated carbocycles. The SMILES string of the molecule is COC(=O)c1cccc(NC(=O)CNCCN(C)C)c1. The van der Waals surface area contributed by atoms with Crippen molar-refractivity contribution in [2.45, 2.75) is 0 Å².